The molecule has 0 fully saturated rings. The Morgan fingerprint density at radius 1 is 0.861 bits per heavy atom. The number of ether oxygens (including phenoxy) is 3. The monoisotopic (exact) mass is 510 g/mol. The zero-order valence-electron chi connectivity index (χ0n) is 20.0. The summed E-state index contributed by atoms with van der Waals surface area (Å²) >= 11 is 5.93. The molecule has 0 aromatic heterocycles. The van der Waals surface area contributed by atoms with Gasteiger partial charge >= 0.3 is 5.97 Å². The maximum atomic E-state index is 12.2. The second-order valence-corrected chi connectivity index (χ2v) is 8.33. The largest absolute Gasteiger partial charge is 0.495 e. The zero-order chi connectivity index (χ0) is 25.9. The summed E-state index contributed by atoms with van der Waals surface area (Å²) in [4.78, 5) is 36.2. The molecule has 3 aromatic rings. The smallest absolute Gasteiger partial charge is 0.306 e. The van der Waals surface area contributed by atoms with Crippen LogP contribution >= 0.6 is 11.6 Å². The van der Waals surface area contributed by atoms with E-state index < -0.39 is 18.5 Å². The molecule has 0 saturated heterocycles. The van der Waals surface area contributed by atoms with Crippen LogP contribution in [0.2, 0.25) is 5.02 Å². The molecule has 3 aromatic carbocycles. The fourth-order valence-electron chi connectivity index (χ4n) is 3.22. The third-order valence-corrected chi connectivity index (χ3v) is 5.18. The van der Waals surface area contributed by atoms with Gasteiger partial charge in [0.25, 0.3) is 5.91 Å². The molecule has 0 bridgehead atoms. The van der Waals surface area contributed by atoms with Crippen LogP contribution in [0, 0.1) is 6.92 Å². The molecule has 2 N–H and O–H groups in total. The number of nitrogens with one attached hydrogen (secondary N) is 2. The summed E-state index contributed by atoms with van der Waals surface area (Å²) in [6.45, 7) is 1.53. The van der Waals surface area contributed by atoms with E-state index in [2.05, 4.69) is 10.6 Å². The first-order valence-corrected chi connectivity index (χ1v) is 11.6. The van der Waals surface area contributed by atoms with Gasteiger partial charge in [0, 0.05) is 23.6 Å². The van der Waals surface area contributed by atoms with Gasteiger partial charge in [-0.3, -0.25) is 14.4 Å². The maximum absolute atomic E-state index is 12.2. The standard InChI is InChI=1S/C27H27ClN2O6/c1-18-5-3-6-22(15-18)36-21-12-10-20(11-13-21)29-25(31)7-4-8-27(33)35-17-26(32)30-23-16-19(28)9-14-24(23)34-2/h3,5-6,9-16H,4,7-8,17H2,1-2H3,(H,29,31)(H,30,32). The highest BCUT2D eigenvalue weighted by Gasteiger charge is 2.12. The summed E-state index contributed by atoms with van der Waals surface area (Å²) in [6.07, 6.45) is 0.413. The van der Waals surface area contributed by atoms with Crippen LogP contribution in [-0.2, 0) is 19.1 Å². The van der Waals surface area contributed by atoms with Gasteiger partial charge < -0.3 is 24.8 Å². The Morgan fingerprint density at radius 2 is 1.64 bits per heavy atom. The molecule has 0 aliphatic rings. The van der Waals surface area contributed by atoms with Gasteiger partial charge in [0.05, 0.1) is 12.8 Å². The van der Waals surface area contributed by atoms with Crippen LogP contribution in [0.3, 0.4) is 0 Å². The van der Waals surface area contributed by atoms with E-state index in [1.54, 1.807) is 36.4 Å². The Bertz CT molecular complexity index is 1210. The van der Waals surface area contributed by atoms with Crippen molar-refractivity contribution < 1.29 is 28.6 Å². The molecule has 0 saturated carbocycles. The highest BCUT2D eigenvalue weighted by atomic mass is 35.5. The minimum atomic E-state index is -0.575. The van der Waals surface area contributed by atoms with Crippen LogP contribution in [0.25, 0.3) is 0 Å². The van der Waals surface area contributed by atoms with Gasteiger partial charge in [0.2, 0.25) is 5.91 Å². The fraction of sp³-hybridized carbons (Fsp3) is 0.222. The normalized spacial score (nSPS) is 10.3. The van der Waals surface area contributed by atoms with Gasteiger partial charge in [-0.25, -0.2) is 0 Å². The number of hydrogen-bond acceptors (Lipinski definition) is 6. The third kappa shape index (κ3) is 8.63. The highest BCUT2D eigenvalue weighted by molar-refractivity contribution is 6.31. The number of hydrogen-bond donors (Lipinski definition) is 2. The summed E-state index contributed by atoms with van der Waals surface area (Å²) < 4.78 is 15.9. The van der Waals surface area contributed by atoms with E-state index in [1.165, 1.54) is 13.2 Å². The lowest BCUT2D eigenvalue weighted by Crippen LogP contribution is -2.21. The van der Waals surface area contributed by atoms with Gasteiger partial charge in [-0.15, -0.1) is 0 Å². The first-order chi connectivity index (χ1) is 17.3. The van der Waals surface area contributed by atoms with Crippen LogP contribution in [0.4, 0.5) is 11.4 Å². The van der Waals surface area contributed by atoms with Crippen molar-refractivity contribution >= 4 is 40.8 Å². The highest BCUT2D eigenvalue weighted by Crippen LogP contribution is 2.27. The Labute approximate surface area is 214 Å². The SMILES string of the molecule is COc1ccc(Cl)cc1NC(=O)COC(=O)CCCC(=O)Nc1ccc(Oc2cccc(C)c2)cc1. The van der Waals surface area contributed by atoms with Gasteiger partial charge in [-0.1, -0.05) is 23.7 Å². The van der Waals surface area contributed by atoms with Crippen molar-refractivity contribution in [3.05, 3.63) is 77.3 Å². The molecule has 2 amide bonds. The number of anilines is 2. The van der Waals surface area contributed by atoms with Crippen molar-refractivity contribution in [3.63, 3.8) is 0 Å². The van der Waals surface area contributed by atoms with Crippen molar-refractivity contribution in [2.75, 3.05) is 24.4 Å². The maximum Gasteiger partial charge on any atom is 0.306 e. The minimum absolute atomic E-state index is 0.00442. The first kappa shape index (κ1) is 26.6. The molecule has 0 spiro atoms. The first-order valence-electron chi connectivity index (χ1n) is 11.3. The average Bonchev–Trinajstić information content (AvgIpc) is 2.84. The van der Waals surface area contributed by atoms with Crippen molar-refractivity contribution in [2.45, 2.75) is 26.2 Å². The molecule has 8 nitrogen and oxygen atoms in total. The van der Waals surface area contributed by atoms with Crippen LogP contribution in [0.5, 0.6) is 17.2 Å². The van der Waals surface area contributed by atoms with Crippen LogP contribution in [0.15, 0.2) is 66.7 Å². The molecule has 0 heterocycles. The van der Waals surface area contributed by atoms with E-state index in [9.17, 15) is 14.4 Å². The summed E-state index contributed by atoms with van der Waals surface area (Å²) in [5.41, 5.74) is 2.09. The average molecular weight is 511 g/mol. The number of esters is 1. The van der Waals surface area contributed by atoms with Crippen molar-refractivity contribution in [3.8, 4) is 17.2 Å². The van der Waals surface area contributed by atoms with E-state index in [-0.39, 0.29) is 25.2 Å². The van der Waals surface area contributed by atoms with E-state index in [1.807, 2.05) is 31.2 Å². The van der Waals surface area contributed by atoms with Gasteiger partial charge in [0.15, 0.2) is 6.61 Å². The third-order valence-electron chi connectivity index (χ3n) is 4.95. The van der Waals surface area contributed by atoms with Crippen molar-refractivity contribution in [1.82, 2.24) is 0 Å². The Balaban J connectivity index is 1.35. The van der Waals surface area contributed by atoms with E-state index in [0.717, 1.165) is 11.3 Å². The number of rotatable bonds is 11. The molecular formula is C27H27ClN2O6. The van der Waals surface area contributed by atoms with Crippen LogP contribution in [-0.4, -0.2) is 31.5 Å². The summed E-state index contributed by atoms with van der Waals surface area (Å²) in [5, 5.41) is 5.78. The molecule has 0 radical (unpaired) electrons. The summed E-state index contributed by atoms with van der Waals surface area (Å²) in [5.74, 6) is 0.476. The van der Waals surface area contributed by atoms with Crippen molar-refractivity contribution in [2.24, 2.45) is 0 Å². The summed E-state index contributed by atoms with van der Waals surface area (Å²) in [7, 11) is 1.46. The predicted molar refractivity (Wildman–Crippen MR) is 138 cm³/mol. The lowest BCUT2D eigenvalue weighted by molar-refractivity contribution is -0.147. The molecule has 0 unspecified atom stereocenters. The number of amides is 2. The van der Waals surface area contributed by atoms with E-state index in [0.29, 0.717) is 27.9 Å². The van der Waals surface area contributed by atoms with E-state index in [4.69, 9.17) is 25.8 Å². The van der Waals surface area contributed by atoms with E-state index >= 15 is 0 Å². The van der Waals surface area contributed by atoms with Gasteiger partial charge in [-0.2, -0.15) is 0 Å². The Morgan fingerprint density at radius 3 is 2.36 bits per heavy atom. The molecule has 9 heteroatoms. The number of methoxy groups -OCH3 is 1. The number of halogens is 1. The van der Waals surface area contributed by atoms with Gasteiger partial charge in [0.1, 0.15) is 17.2 Å². The molecule has 3 rings (SSSR count). The topological polar surface area (TPSA) is 103 Å². The molecule has 0 atom stereocenters. The predicted octanol–water partition coefficient (Wildman–Crippen LogP) is 5.74. The molecule has 0 aliphatic heterocycles. The lowest BCUT2D eigenvalue weighted by atomic mass is 10.2. The number of carbonyl (C=O) groups is 3. The number of carbonyl (C=O) groups excluding carboxylic acids is 3. The Kier molecular flexibility index (Phi) is 9.71. The quantitative estimate of drug-likeness (QED) is 0.319. The van der Waals surface area contributed by atoms with Crippen LogP contribution < -0.4 is 20.1 Å². The molecule has 188 valence electrons. The second kappa shape index (κ2) is 13.2. The second-order valence-electron chi connectivity index (χ2n) is 7.90. The lowest BCUT2D eigenvalue weighted by Gasteiger charge is -2.11. The fourth-order valence-corrected chi connectivity index (χ4v) is 3.39. The zero-order valence-corrected chi connectivity index (χ0v) is 20.8. The Hall–Kier alpha value is -4.04. The molecule has 36 heavy (non-hydrogen) atoms. The molecule has 0 aliphatic carbocycles. The van der Waals surface area contributed by atoms with Crippen LogP contribution in [0.1, 0.15) is 24.8 Å². The van der Waals surface area contributed by atoms with Crippen molar-refractivity contribution in [1.29, 1.82) is 0 Å². The number of aryl methyl sites for hydroxylation is 1. The van der Waals surface area contributed by atoms with Gasteiger partial charge in [-0.05, 0) is 73.5 Å². The summed E-state index contributed by atoms with van der Waals surface area (Å²) in [6, 6.07) is 19.5. The minimum Gasteiger partial charge on any atom is -0.495 e. The molecular weight excluding hydrogens is 484 g/mol. The number of benzene rings is 3.